The summed E-state index contributed by atoms with van der Waals surface area (Å²) in [6, 6.07) is 0. The highest BCUT2D eigenvalue weighted by molar-refractivity contribution is 5.85. The zero-order valence-corrected chi connectivity index (χ0v) is 9.29. The monoisotopic (exact) mass is 196 g/mol. The average molecular weight is 196 g/mol. The van der Waals surface area contributed by atoms with Crippen LogP contribution in [0.5, 0.6) is 0 Å². The first-order valence-electron chi connectivity index (χ1n) is 5.66. The highest BCUT2D eigenvalue weighted by Gasteiger charge is 2.56. The minimum Gasteiger partial charge on any atom is -0.392 e. The molecule has 0 aromatic heterocycles. The molecule has 1 N–H and O–H groups in total. The van der Waals surface area contributed by atoms with Gasteiger partial charge in [-0.1, -0.05) is 20.8 Å². The van der Waals surface area contributed by atoms with Gasteiger partial charge in [0.1, 0.15) is 5.78 Å². The van der Waals surface area contributed by atoms with Crippen LogP contribution in [0.25, 0.3) is 0 Å². The second-order valence-corrected chi connectivity index (χ2v) is 5.70. The molecule has 0 amide bonds. The Morgan fingerprint density at radius 3 is 2.64 bits per heavy atom. The van der Waals surface area contributed by atoms with E-state index in [1.54, 1.807) is 0 Å². The summed E-state index contributed by atoms with van der Waals surface area (Å²) in [6.07, 6.45) is 2.15. The minimum atomic E-state index is -0.370. The maximum absolute atomic E-state index is 11.8. The summed E-state index contributed by atoms with van der Waals surface area (Å²) in [7, 11) is 0. The largest absolute Gasteiger partial charge is 0.392 e. The molecule has 80 valence electrons. The Morgan fingerprint density at radius 1 is 1.50 bits per heavy atom. The number of ketones is 1. The second-order valence-electron chi connectivity index (χ2n) is 5.70. The van der Waals surface area contributed by atoms with Crippen LogP contribution in [-0.4, -0.2) is 17.0 Å². The summed E-state index contributed by atoms with van der Waals surface area (Å²) in [4.78, 5) is 11.8. The van der Waals surface area contributed by atoms with Crippen molar-refractivity contribution < 1.29 is 9.90 Å². The minimum absolute atomic E-state index is 0.0613. The molecular formula is C12H20O2. The third kappa shape index (κ3) is 1.23. The van der Waals surface area contributed by atoms with Gasteiger partial charge in [-0.25, -0.2) is 0 Å². The van der Waals surface area contributed by atoms with Crippen LogP contribution in [0.1, 0.15) is 40.0 Å². The van der Waals surface area contributed by atoms with Crippen LogP contribution >= 0.6 is 0 Å². The van der Waals surface area contributed by atoms with Crippen molar-refractivity contribution in [3.05, 3.63) is 0 Å². The lowest BCUT2D eigenvalue weighted by atomic mass is 9.63. The first kappa shape index (κ1) is 10.2. The van der Waals surface area contributed by atoms with Crippen LogP contribution in [0.3, 0.4) is 0 Å². The molecule has 0 spiro atoms. The van der Waals surface area contributed by atoms with E-state index in [0.29, 0.717) is 24.0 Å². The normalized spacial score (nSPS) is 47.5. The van der Waals surface area contributed by atoms with Gasteiger partial charge in [-0.2, -0.15) is 0 Å². The summed E-state index contributed by atoms with van der Waals surface area (Å²) in [5.74, 6) is 1.15. The predicted molar refractivity (Wildman–Crippen MR) is 54.8 cm³/mol. The SMILES string of the molecule is CC(C)C1C2C(=O)CC1(C)CCC2O. The zero-order chi connectivity index (χ0) is 10.5. The van der Waals surface area contributed by atoms with Crippen molar-refractivity contribution in [1.29, 1.82) is 0 Å². The zero-order valence-electron chi connectivity index (χ0n) is 9.29. The lowest BCUT2D eigenvalue weighted by Crippen LogP contribution is -2.41. The Hall–Kier alpha value is -0.370. The van der Waals surface area contributed by atoms with E-state index < -0.39 is 0 Å². The number of Topliss-reactive ketones (excluding diaryl/α,β-unsaturated/α-hetero) is 1. The molecule has 2 bridgehead atoms. The summed E-state index contributed by atoms with van der Waals surface area (Å²) in [5, 5.41) is 9.88. The van der Waals surface area contributed by atoms with Gasteiger partial charge in [0.25, 0.3) is 0 Å². The fourth-order valence-electron chi connectivity index (χ4n) is 3.85. The summed E-state index contributed by atoms with van der Waals surface area (Å²) < 4.78 is 0. The molecule has 2 heteroatoms. The predicted octanol–water partition coefficient (Wildman–Crippen LogP) is 2.01. The highest BCUT2D eigenvalue weighted by atomic mass is 16.3. The fourth-order valence-corrected chi connectivity index (χ4v) is 3.85. The van der Waals surface area contributed by atoms with Crippen LogP contribution in [0.15, 0.2) is 0 Å². The van der Waals surface area contributed by atoms with E-state index in [4.69, 9.17) is 0 Å². The van der Waals surface area contributed by atoms with E-state index in [0.717, 1.165) is 12.8 Å². The number of hydrogen-bond acceptors (Lipinski definition) is 2. The van der Waals surface area contributed by atoms with E-state index in [2.05, 4.69) is 20.8 Å². The Bertz CT molecular complexity index is 259. The number of aliphatic hydroxyl groups is 1. The Kier molecular flexibility index (Phi) is 2.22. The van der Waals surface area contributed by atoms with Crippen molar-refractivity contribution in [2.75, 3.05) is 0 Å². The van der Waals surface area contributed by atoms with Gasteiger partial charge in [0.05, 0.1) is 6.10 Å². The molecular weight excluding hydrogens is 176 g/mol. The van der Waals surface area contributed by atoms with E-state index in [9.17, 15) is 9.90 Å². The van der Waals surface area contributed by atoms with E-state index in [1.165, 1.54) is 0 Å². The molecule has 2 aliphatic rings. The van der Waals surface area contributed by atoms with Crippen molar-refractivity contribution in [2.24, 2.45) is 23.2 Å². The molecule has 2 fully saturated rings. The molecule has 2 rings (SSSR count). The Labute approximate surface area is 85.7 Å². The van der Waals surface area contributed by atoms with E-state index in [-0.39, 0.29) is 17.4 Å². The van der Waals surface area contributed by atoms with Crippen LogP contribution in [-0.2, 0) is 4.79 Å². The number of aliphatic hydroxyl groups excluding tert-OH is 1. The third-order valence-electron chi connectivity index (χ3n) is 4.29. The molecule has 2 nitrogen and oxygen atoms in total. The maximum Gasteiger partial charge on any atom is 0.139 e. The second kappa shape index (κ2) is 3.06. The molecule has 0 radical (unpaired) electrons. The lowest BCUT2D eigenvalue weighted by molar-refractivity contribution is -0.125. The van der Waals surface area contributed by atoms with Gasteiger partial charge in [0.2, 0.25) is 0 Å². The lowest BCUT2D eigenvalue weighted by Gasteiger charge is -2.42. The van der Waals surface area contributed by atoms with Gasteiger partial charge in [-0.05, 0) is 30.1 Å². The molecule has 0 saturated heterocycles. The average Bonchev–Trinajstić information content (AvgIpc) is 2.28. The number of hydrogen-bond donors (Lipinski definition) is 1. The number of carbonyl (C=O) groups excluding carboxylic acids is 1. The molecule has 0 aliphatic heterocycles. The van der Waals surface area contributed by atoms with Gasteiger partial charge in [-0.3, -0.25) is 4.79 Å². The quantitative estimate of drug-likeness (QED) is 0.696. The van der Waals surface area contributed by atoms with Crippen molar-refractivity contribution in [2.45, 2.75) is 46.1 Å². The molecule has 4 unspecified atom stereocenters. The summed E-state index contributed by atoms with van der Waals surface area (Å²) in [6.45, 7) is 6.57. The van der Waals surface area contributed by atoms with Crippen LogP contribution < -0.4 is 0 Å². The smallest absolute Gasteiger partial charge is 0.139 e. The standard InChI is InChI=1S/C12H20O2/c1-7(2)11-10-8(13)4-5-12(11,3)6-9(10)14/h7-8,10-11,13H,4-6H2,1-3H3. The van der Waals surface area contributed by atoms with Gasteiger partial charge in [0.15, 0.2) is 0 Å². The number of fused-ring (bicyclic) bond motifs is 2. The number of rotatable bonds is 1. The van der Waals surface area contributed by atoms with Crippen molar-refractivity contribution in [3.63, 3.8) is 0 Å². The van der Waals surface area contributed by atoms with Crippen LogP contribution in [0.2, 0.25) is 0 Å². The maximum atomic E-state index is 11.8. The molecule has 2 saturated carbocycles. The fraction of sp³-hybridized carbons (Fsp3) is 0.917. The topological polar surface area (TPSA) is 37.3 Å². The van der Waals surface area contributed by atoms with Crippen molar-refractivity contribution in [3.8, 4) is 0 Å². The van der Waals surface area contributed by atoms with Crippen molar-refractivity contribution in [1.82, 2.24) is 0 Å². The van der Waals surface area contributed by atoms with Crippen LogP contribution in [0.4, 0.5) is 0 Å². The molecule has 14 heavy (non-hydrogen) atoms. The molecule has 0 heterocycles. The van der Waals surface area contributed by atoms with Crippen molar-refractivity contribution >= 4 is 5.78 Å². The molecule has 0 aromatic rings. The first-order chi connectivity index (χ1) is 6.46. The Balaban J connectivity index is 2.35. The summed E-state index contributed by atoms with van der Waals surface area (Å²) >= 11 is 0. The third-order valence-corrected chi connectivity index (χ3v) is 4.29. The molecule has 0 aromatic carbocycles. The van der Waals surface area contributed by atoms with Crippen LogP contribution in [0, 0.1) is 23.2 Å². The highest BCUT2D eigenvalue weighted by Crippen LogP contribution is 2.56. The Morgan fingerprint density at radius 2 is 2.14 bits per heavy atom. The van der Waals surface area contributed by atoms with Gasteiger partial charge >= 0.3 is 0 Å². The van der Waals surface area contributed by atoms with E-state index in [1.807, 2.05) is 0 Å². The van der Waals surface area contributed by atoms with Gasteiger partial charge in [0, 0.05) is 12.3 Å². The number of carbonyl (C=O) groups is 1. The van der Waals surface area contributed by atoms with Gasteiger partial charge in [-0.15, -0.1) is 0 Å². The molecule has 4 atom stereocenters. The van der Waals surface area contributed by atoms with Gasteiger partial charge < -0.3 is 5.11 Å². The molecule has 2 aliphatic carbocycles. The first-order valence-corrected chi connectivity index (χ1v) is 5.66. The van der Waals surface area contributed by atoms with E-state index >= 15 is 0 Å². The summed E-state index contributed by atoms with van der Waals surface area (Å²) in [5.41, 5.74) is 0.176.